The van der Waals surface area contributed by atoms with Gasteiger partial charge < -0.3 is 4.74 Å². The normalized spacial score (nSPS) is 12.1. The Morgan fingerprint density at radius 3 is 2.40 bits per heavy atom. The summed E-state index contributed by atoms with van der Waals surface area (Å²) in [6.07, 6.45) is -4.04. The zero-order valence-corrected chi connectivity index (χ0v) is 14.9. The topological polar surface area (TPSA) is 55.4 Å². The smallest absolute Gasteiger partial charge is 0.416 e. The van der Waals surface area contributed by atoms with Gasteiger partial charge in [0.25, 0.3) is 10.0 Å². The van der Waals surface area contributed by atoms with Gasteiger partial charge in [-0.05, 0) is 42.3 Å². The quantitative estimate of drug-likeness (QED) is 0.798. The maximum Gasteiger partial charge on any atom is 0.416 e. The van der Waals surface area contributed by atoms with Crippen LogP contribution in [0.15, 0.2) is 41.3 Å². The molecular formula is C16H15ClF3NO3S. The molecule has 0 aliphatic rings. The van der Waals surface area contributed by atoms with Crippen LogP contribution in [0.3, 0.4) is 0 Å². The van der Waals surface area contributed by atoms with E-state index in [1.807, 2.05) is 6.92 Å². The van der Waals surface area contributed by atoms with Crippen LogP contribution in [0, 0.1) is 0 Å². The molecule has 0 saturated heterocycles. The van der Waals surface area contributed by atoms with Gasteiger partial charge in [0, 0.05) is 0 Å². The molecule has 0 heterocycles. The number of aryl methyl sites for hydroxylation is 1. The van der Waals surface area contributed by atoms with E-state index in [1.54, 1.807) is 6.07 Å². The summed E-state index contributed by atoms with van der Waals surface area (Å²) < 4.78 is 70.9. The van der Waals surface area contributed by atoms with Crippen LogP contribution in [-0.2, 0) is 22.6 Å². The molecule has 0 atom stereocenters. The second-order valence-electron chi connectivity index (χ2n) is 5.14. The van der Waals surface area contributed by atoms with E-state index >= 15 is 0 Å². The van der Waals surface area contributed by atoms with Gasteiger partial charge in [-0.1, -0.05) is 24.6 Å². The Morgan fingerprint density at radius 1 is 1.16 bits per heavy atom. The van der Waals surface area contributed by atoms with E-state index in [0.29, 0.717) is 12.5 Å². The lowest BCUT2D eigenvalue weighted by Gasteiger charge is -2.15. The molecule has 0 aliphatic heterocycles. The van der Waals surface area contributed by atoms with E-state index in [4.69, 9.17) is 16.3 Å². The average molecular weight is 394 g/mol. The average Bonchev–Trinajstić information content (AvgIpc) is 2.55. The molecule has 0 amide bonds. The third kappa shape index (κ3) is 4.38. The number of benzene rings is 2. The summed E-state index contributed by atoms with van der Waals surface area (Å²) in [5.41, 5.74) is -0.638. The Hall–Kier alpha value is -1.93. The summed E-state index contributed by atoms with van der Waals surface area (Å²) in [6.45, 7) is 1.84. The van der Waals surface area contributed by atoms with Crippen molar-refractivity contribution in [1.29, 1.82) is 0 Å². The summed E-state index contributed by atoms with van der Waals surface area (Å²) in [7, 11) is -2.90. The first-order valence-corrected chi connectivity index (χ1v) is 9.01. The molecule has 0 bridgehead atoms. The minimum absolute atomic E-state index is 0.0767. The Labute approximate surface area is 148 Å². The van der Waals surface area contributed by atoms with E-state index in [2.05, 4.69) is 4.72 Å². The highest BCUT2D eigenvalue weighted by atomic mass is 35.5. The molecule has 0 spiro atoms. The maximum absolute atomic E-state index is 12.8. The predicted octanol–water partition coefficient (Wildman–Crippen LogP) is 4.73. The number of anilines is 1. The van der Waals surface area contributed by atoms with Crippen LogP contribution >= 0.6 is 11.6 Å². The van der Waals surface area contributed by atoms with Gasteiger partial charge >= 0.3 is 6.18 Å². The first-order chi connectivity index (χ1) is 11.6. The van der Waals surface area contributed by atoms with Crippen LogP contribution in [0.2, 0.25) is 5.02 Å². The van der Waals surface area contributed by atoms with Crippen LogP contribution in [0.25, 0.3) is 0 Å². The fourth-order valence-corrected chi connectivity index (χ4v) is 3.64. The van der Waals surface area contributed by atoms with Crippen LogP contribution < -0.4 is 9.46 Å². The maximum atomic E-state index is 12.8. The Morgan fingerprint density at radius 2 is 1.84 bits per heavy atom. The van der Waals surface area contributed by atoms with Gasteiger partial charge in [0.2, 0.25) is 0 Å². The number of nitrogens with one attached hydrogen (secondary N) is 1. The Kier molecular flexibility index (Phi) is 5.53. The van der Waals surface area contributed by atoms with E-state index < -0.39 is 21.8 Å². The van der Waals surface area contributed by atoms with Crippen molar-refractivity contribution in [1.82, 2.24) is 0 Å². The van der Waals surface area contributed by atoms with Crippen LogP contribution in [-0.4, -0.2) is 15.5 Å². The highest BCUT2D eigenvalue weighted by Crippen LogP contribution is 2.35. The number of ether oxygens (including phenoxy) is 1. The molecule has 9 heteroatoms. The van der Waals surface area contributed by atoms with Gasteiger partial charge in [0.15, 0.2) is 0 Å². The fraction of sp³-hybridized carbons (Fsp3) is 0.250. The molecule has 1 N–H and O–H groups in total. The number of halogens is 4. The van der Waals surface area contributed by atoms with Gasteiger partial charge in [-0.15, -0.1) is 0 Å². The lowest BCUT2D eigenvalue weighted by molar-refractivity contribution is -0.137. The molecule has 0 unspecified atom stereocenters. The summed E-state index contributed by atoms with van der Waals surface area (Å²) >= 11 is 5.85. The molecular weight excluding hydrogens is 379 g/mol. The SMILES string of the molecule is CCc1ccc(OC)c(S(=O)(=O)Nc2cc(C(F)(F)F)ccc2Cl)c1. The lowest BCUT2D eigenvalue weighted by atomic mass is 10.2. The van der Waals surface area contributed by atoms with Crippen molar-refractivity contribution in [2.45, 2.75) is 24.4 Å². The van der Waals surface area contributed by atoms with Crippen molar-refractivity contribution in [2.75, 3.05) is 11.8 Å². The van der Waals surface area contributed by atoms with Crippen molar-refractivity contribution in [3.63, 3.8) is 0 Å². The molecule has 2 aromatic rings. The number of rotatable bonds is 5. The lowest BCUT2D eigenvalue weighted by Crippen LogP contribution is -2.15. The number of hydrogen-bond acceptors (Lipinski definition) is 3. The molecule has 0 aromatic heterocycles. The first-order valence-electron chi connectivity index (χ1n) is 7.15. The van der Waals surface area contributed by atoms with E-state index in [1.165, 1.54) is 19.2 Å². The molecule has 25 heavy (non-hydrogen) atoms. The number of alkyl halides is 3. The summed E-state index contributed by atoms with van der Waals surface area (Å²) in [6, 6.07) is 7.01. The van der Waals surface area contributed by atoms with Crippen molar-refractivity contribution >= 4 is 27.3 Å². The second-order valence-corrected chi connectivity index (χ2v) is 7.19. The summed E-state index contributed by atoms with van der Waals surface area (Å²) in [5.74, 6) is 0.0767. The number of sulfonamides is 1. The van der Waals surface area contributed by atoms with Crippen molar-refractivity contribution in [2.24, 2.45) is 0 Å². The zero-order valence-electron chi connectivity index (χ0n) is 13.3. The van der Waals surface area contributed by atoms with Crippen molar-refractivity contribution in [3.05, 3.63) is 52.5 Å². The molecule has 0 radical (unpaired) electrons. The molecule has 0 fully saturated rings. The predicted molar refractivity (Wildman–Crippen MR) is 89.6 cm³/mol. The van der Waals surface area contributed by atoms with Crippen LogP contribution in [0.1, 0.15) is 18.1 Å². The summed E-state index contributed by atoms with van der Waals surface area (Å²) in [5, 5.41) is -0.151. The highest BCUT2D eigenvalue weighted by molar-refractivity contribution is 7.92. The molecule has 0 aliphatic carbocycles. The Bertz CT molecular complexity index is 883. The minimum atomic E-state index is -4.62. The first kappa shape index (κ1) is 19.4. The highest BCUT2D eigenvalue weighted by Gasteiger charge is 2.31. The van der Waals surface area contributed by atoms with Gasteiger partial charge in [0.05, 0.1) is 23.4 Å². The molecule has 0 saturated carbocycles. The van der Waals surface area contributed by atoms with E-state index in [0.717, 1.165) is 17.7 Å². The monoisotopic (exact) mass is 393 g/mol. The minimum Gasteiger partial charge on any atom is -0.495 e. The standard InChI is InChI=1S/C16H15ClF3NO3S/c1-3-10-4-7-14(24-2)15(8-10)25(22,23)21-13-9-11(16(18,19)20)5-6-12(13)17/h4-9,21H,3H2,1-2H3. The second kappa shape index (κ2) is 7.13. The van der Waals surface area contributed by atoms with Gasteiger partial charge in [0.1, 0.15) is 10.6 Å². The van der Waals surface area contributed by atoms with E-state index in [9.17, 15) is 21.6 Å². The number of hydrogen-bond donors (Lipinski definition) is 1. The van der Waals surface area contributed by atoms with Gasteiger partial charge in [-0.2, -0.15) is 13.2 Å². The largest absolute Gasteiger partial charge is 0.495 e. The Balaban J connectivity index is 2.50. The zero-order chi connectivity index (χ0) is 18.8. The van der Waals surface area contributed by atoms with Crippen molar-refractivity contribution < 1.29 is 26.3 Å². The van der Waals surface area contributed by atoms with Crippen LogP contribution in [0.5, 0.6) is 5.75 Å². The molecule has 2 rings (SSSR count). The fourth-order valence-electron chi connectivity index (χ4n) is 2.13. The summed E-state index contributed by atoms with van der Waals surface area (Å²) in [4.78, 5) is -0.178. The third-order valence-electron chi connectivity index (χ3n) is 3.46. The molecule has 4 nitrogen and oxygen atoms in total. The van der Waals surface area contributed by atoms with Crippen LogP contribution in [0.4, 0.5) is 18.9 Å². The van der Waals surface area contributed by atoms with Gasteiger partial charge in [-0.25, -0.2) is 8.42 Å². The number of methoxy groups -OCH3 is 1. The molecule has 136 valence electrons. The van der Waals surface area contributed by atoms with Crippen molar-refractivity contribution in [3.8, 4) is 5.75 Å². The third-order valence-corrected chi connectivity index (χ3v) is 5.18. The molecule has 2 aromatic carbocycles. The van der Waals surface area contributed by atoms with E-state index in [-0.39, 0.29) is 21.4 Å². The van der Waals surface area contributed by atoms with Gasteiger partial charge in [-0.3, -0.25) is 4.72 Å².